The summed E-state index contributed by atoms with van der Waals surface area (Å²) in [6.07, 6.45) is 5.70. The fourth-order valence-electron chi connectivity index (χ4n) is 3.07. The van der Waals surface area contributed by atoms with Crippen molar-refractivity contribution in [1.29, 1.82) is 0 Å². The van der Waals surface area contributed by atoms with Crippen LogP contribution in [-0.4, -0.2) is 6.54 Å². The van der Waals surface area contributed by atoms with Gasteiger partial charge in [-0.05, 0) is 41.6 Å². The molecule has 0 heterocycles. The van der Waals surface area contributed by atoms with Crippen molar-refractivity contribution in [3.63, 3.8) is 0 Å². The number of rotatable bonds is 4. The highest BCUT2D eigenvalue weighted by atomic mass is 14.9. The maximum atomic E-state index is 3.64. The summed E-state index contributed by atoms with van der Waals surface area (Å²) >= 11 is 0. The van der Waals surface area contributed by atoms with Crippen molar-refractivity contribution in [3.05, 3.63) is 48.0 Å². The Balaban J connectivity index is 1.66. The second-order valence-corrected chi connectivity index (χ2v) is 5.42. The Morgan fingerprint density at radius 3 is 2.61 bits per heavy atom. The highest BCUT2D eigenvalue weighted by Crippen LogP contribution is 2.24. The van der Waals surface area contributed by atoms with Gasteiger partial charge in [-0.1, -0.05) is 55.3 Å². The predicted molar refractivity (Wildman–Crippen MR) is 77.6 cm³/mol. The molecule has 2 aromatic carbocycles. The molecular formula is C17H21N. The van der Waals surface area contributed by atoms with Gasteiger partial charge in [-0.15, -0.1) is 0 Å². The molecule has 0 saturated heterocycles. The Kier molecular flexibility index (Phi) is 3.61. The molecule has 0 unspecified atom stereocenters. The van der Waals surface area contributed by atoms with Gasteiger partial charge in [0, 0.05) is 6.54 Å². The van der Waals surface area contributed by atoms with Gasteiger partial charge in [0.05, 0.1) is 0 Å². The van der Waals surface area contributed by atoms with Crippen molar-refractivity contribution in [3.8, 4) is 0 Å². The zero-order chi connectivity index (χ0) is 12.2. The minimum Gasteiger partial charge on any atom is -0.312 e. The number of hydrogen-bond donors (Lipinski definition) is 1. The topological polar surface area (TPSA) is 12.0 Å². The van der Waals surface area contributed by atoms with Gasteiger partial charge < -0.3 is 5.32 Å². The highest BCUT2D eigenvalue weighted by molar-refractivity contribution is 5.85. The first-order chi connectivity index (χ1) is 8.93. The zero-order valence-electron chi connectivity index (χ0n) is 10.9. The number of hydrogen-bond acceptors (Lipinski definition) is 1. The second kappa shape index (κ2) is 5.53. The van der Waals surface area contributed by atoms with E-state index in [1.165, 1.54) is 48.6 Å². The number of nitrogens with one attached hydrogen (secondary N) is 1. The van der Waals surface area contributed by atoms with E-state index in [0.29, 0.717) is 0 Å². The summed E-state index contributed by atoms with van der Waals surface area (Å²) in [6, 6.07) is 15.2. The molecular weight excluding hydrogens is 218 g/mol. The van der Waals surface area contributed by atoms with Gasteiger partial charge in [-0.25, -0.2) is 0 Å². The van der Waals surface area contributed by atoms with E-state index in [1.807, 2.05) is 0 Å². The van der Waals surface area contributed by atoms with Crippen LogP contribution in [0, 0.1) is 5.92 Å². The maximum absolute atomic E-state index is 3.64. The molecule has 0 spiro atoms. The van der Waals surface area contributed by atoms with E-state index in [2.05, 4.69) is 47.8 Å². The zero-order valence-corrected chi connectivity index (χ0v) is 10.9. The van der Waals surface area contributed by atoms with Crippen LogP contribution in [0.5, 0.6) is 0 Å². The standard InChI is InChI=1S/C17H21N/c1-2-7-14(6-1)12-18-13-16-10-5-9-15-8-3-4-11-17(15)16/h3-5,8-11,14,18H,1-2,6-7,12-13H2. The van der Waals surface area contributed by atoms with Crippen LogP contribution < -0.4 is 5.32 Å². The van der Waals surface area contributed by atoms with Crippen LogP contribution >= 0.6 is 0 Å². The summed E-state index contributed by atoms with van der Waals surface area (Å²) in [4.78, 5) is 0. The minimum absolute atomic E-state index is 0.917. The molecule has 0 atom stereocenters. The molecule has 0 bridgehead atoms. The molecule has 1 nitrogen and oxygen atoms in total. The van der Waals surface area contributed by atoms with E-state index >= 15 is 0 Å². The monoisotopic (exact) mass is 239 g/mol. The average molecular weight is 239 g/mol. The maximum Gasteiger partial charge on any atom is 0.0211 e. The SMILES string of the molecule is c1ccc2c(CNCC3CCCC3)cccc2c1. The lowest BCUT2D eigenvalue weighted by Crippen LogP contribution is -2.20. The van der Waals surface area contributed by atoms with E-state index in [4.69, 9.17) is 0 Å². The summed E-state index contributed by atoms with van der Waals surface area (Å²) < 4.78 is 0. The quantitative estimate of drug-likeness (QED) is 0.846. The molecule has 1 aliphatic rings. The predicted octanol–water partition coefficient (Wildman–Crippen LogP) is 4.12. The molecule has 3 rings (SSSR count). The third-order valence-electron chi connectivity index (χ3n) is 4.10. The molecule has 2 aromatic rings. The lowest BCUT2D eigenvalue weighted by Gasteiger charge is -2.12. The normalized spacial score (nSPS) is 16.4. The van der Waals surface area contributed by atoms with E-state index in [9.17, 15) is 0 Å². The molecule has 0 aliphatic heterocycles. The summed E-state index contributed by atoms with van der Waals surface area (Å²) in [6.45, 7) is 2.18. The van der Waals surface area contributed by atoms with Crippen LogP contribution in [0.25, 0.3) is 10.8 Å². The molecule has 18 heavy (non-hydrogen) atoms. The van der Waals surface area contributed by atoms with Crippen molar-refractivity contribution in [2.24, 2.45) is 5.92 Å². The number of benzene rings is 2. The van der Waals surface area contributed by atoms with Gasteiger partial charge >= 0.3 is 0 Å². The fourth-order valence-corrected chi connectivity index (χ4v) is 3.07. The third-order valence-corrected chi connectivity index (χ3v) is 4.10. The van der Waals surface area contributed by atoms with Gasteiger partial charge in [-0.3, -0.25) is 0 Å². The fraction of sp³-hybridized carbons (Fsp3) is 0.412. The van der Waals surface area contributed by atoms with Crippen LogP contribution in [0.15, 0.2) is 42.5 Å². The Bertz CT molecular complexity index is 507. The average Bonchev–Trinajstić information content (AvgIpc) is 2.92. The van der Waals surface area contributed by atoms with Gasteiger partial charge in [-0.2, -0.15) is 0 Å². The van der Waals surface area contributed by atoms with Crippen LogP contribution in [0.2, 0.25) is 0 Å². The van der Waals surface area contributed by atoms with E-state index < -0.39 is 0 Å². The van der Waals surface area contributed by atoms with Gasteiger partial charge in [0.1, 0.15) is 0 Å². The van der Waals surface area contributed by atoms with Crippen LogP contribution in [-0.2, 0) is 6.54 Å². The van der Waals surface area contributed by atoms with E-state index in [0.717, 1.165) is 12.5 Å². The Hall–Kier alpha value is -1.34. The smallest absolute Gasteiger partial charge is 0.0211 e. The molecule has 1 N–H and O–H groups in total. The summed E-state index contributed by atoms with van der Waals surface area (Å²) in [7, 11) is 0. The molecule has 0 aromatic heterocycles. The first kappa shape index (κ1) is 11.7. The van der Waals surface area contributed by atoms with Crippen LogP contribution in [0.3, 0.4) is 0 Å². The van der Waals surface area contributed by atoms with Crippen molar-refractivity contribution >= 4 is 10.8 Å². The Labute approximate surface area is 109 Å². The first-order valence-corrected chi connectivity index (χ1v) is 7.11. The first-order valence-electron chi connectivity index (χ1n) is 7.11. The van der Waals surface area contributed by atoms with Crippen molar-refractivity contribution in [1.82, 2.24) is 5.32 Å². The molecule has 1 aliphatic carbocycles. The van der Waals surface area contributed by atoms with Crippen LogP contribution in [0.4, 0.5) is 0 Å². The molecule has 1 fully saturated rings. The largest absolute Gasteiger partial charge is 0.312 e. The van der Waals surface area contributed by atoms with Gasteiger partial charge in [0.2, 0.25) is 0 Å². The van der Waals surface area contributed by atoms with E-state index in [-0.39, 0.29) is 0 Å². The van der Waals surface area contributed by atoms with Crippen LogP contribution in [0.1, 0.15) is 31.2 Å². The Morgan fingerprint density at radius 2 is 1.72 bits per heavy atom. The molecule has 1 heteroatoms. The highest BCUT2D eigenvalue weighted by Gasteiger charge is 2.14. The lowest BCUT2D eigenvalue weighted by molar-refractivity contribution is 0.490. The van der Waals surface area contributed by atoms with Crippen molar-refractivity contribution in [2.45, 2.75) is 32.2 Å². The van der Waals surface area contributed by atoms with Gasteiger partial charge in [0.25, 0.3) is 0 Å². The molecule has 0 radical (unpaired) electrons. The number of fused-ring (bicyclic) bond motifs is 1. The lowest BCUT2D eigenvalue weighted by atomic mass is 10.0. The third kappa shape index (κ3) is 2.56. The summed E-state index contributed by atoms with van der Waals surface area (Å²) in [5, 5.41) is 6.37. The molecule has 94 valence electrons. The van der Waals surface area contributed by atoms with E-state index in [1.54, 1.807) is 0 Å². The van der Waals surface area contributed by atoms with Gasteiger partial charge in [0.15, 0.2) is 0 Å². The second-order valence-electron chi connectivity index (χ2n) is 5.42. The summed E-state index contributed by atoms with van der Waals surface area (Å²) in [5.41, 5.74) is 1.42. The Morgan fingerprint density at radius 1 is 0.944 bits per heavy atom. The van der Waals surface area contributed by atoms with Crippen molar-refractivity contribution < 1.29 is 0 Å². The minimum atomic E-state index is 0.917. The molecule has 1 saturated carbocycles. The summed E-state index contributed by atoms with van der Waals surface area (Å²) in [5.74, 6) is 0.917. The van der Waals surface area contributed by atoms with Crippen molar-refractivity contribution in [2.75, 3.05) is 6.54 Å². The molecule has 0 amide bonds.